The molecule has 7 nitrogen and oxygen atoms in total. The van der Waals surface area contributed by atoms with Crippen LogP contribution in [0.4, 0.5) is 4.79 Å². The second kappa shape index (κ2) is 7.40. The van der Waals surface area contributed by atoms with Gasteiger partial charge < -0.3 is 20.4 Å². The minimum atomic E-state index is -0.545. The van der Waals surface area contributed by atoms with E-state index in [9.17, 15) is 14.4 Å². The third-order valence-electron chi connectivity index (χ3n) is 5.38. The van der Waals surface area contributed by atoms with Gasteiger partial charge in [-0.3, -0.25) is 9.59 Å². The molecule has 0 spiro atoms. The van der Waals surface area contributed by atoms with Gasteiger partial charge in [0.05, 0.1) is 6.54 Å². The molecule has 0 bridgehead atoms. The van der Waals surface area contributed by atoms with Crippen LogP contribution in [0.5, 0.6) is 0 Å². The smallest absolute Gasteiger partial charge is 0.317 e. The Morgan fingerprint density at radius 3 is 2.67 bits per heavy atom. The van der Waals surface area contributed by atoms with Gasteiger partial charge in [0.2, 0.25) is 11.8 Å². The van der Waals surface area contributed by atoms with Crippen LogP contribution in [0.25, 0.3) is 0 Å². The molecule has 1 saturated carbocycles. The summed E-state index contributed by atoms with van der Waals surface area (Å²) in [5, 5.41) is 5.91. The Bertz CT molecular complexity index is 504. The zero-order valence-corrected chi connectivity index (χ0v) is 14.4. The molecule has 0 unspecified atom stereocenters. The van der Waals surface area contributed by atoms with Crippen LogP contribution in [0.1, 0.15) is 51.9 Å². The molecule has 2 saturated heterocycles. The predicted octanol–water partition coefficient (Wildman–Crippen LogP) is 0.840. The van der Waals surface area contributed by atoms with E-state index in [-0.39, 0.29) is 30.4 Å². The molecule has 0 radical (unpaired) electrons. The number of nitrogens with one attached hydrogen (secondary N) is 2. The van der Waals surface area contributed by atoms with Crippen LogP contribution in [0.15, 0.2) is 0 Å². The summed E-state index contributed by atoms with van der Waals surface area (Å²) in [5.74, 6) is -0.142. The molecular formula is C17H28N4O3. The minimum absolute atomic E-state index is 0.00575. The first kappa shape index (κ1) is 17.0. The lowest BCUT2D eigenvalue weighted by Crippen LogP contribution is -2.70. The fourth-order valence-electron chi connectivity index (χ4n) is 3.98. The van der Waals surface area contributed by atoms with Crippen molar-refractivity contribution < 1.29 is 14.4 Å². The monoisotopic (exact) mass is 336 g/mol. The SMILES string of the molecule is CCC[C@@H]1NC(=O)[C@H]2CN(C(=O)NC3CCCCC3)CCN2C1=O. The van der Waals surface area contributed by atoms with Crippen LogP contribution in [0, 0.1) is 0 Å². The maximum atomic E-state index is 12.5. The average Bonchev–Trinajstić information content (AvgIpc) is 2.60. The Morgan fingerprint density at radius 1 is 1.21 bits per heavy atom. The summed E-state index contributed by atoms with van der Waals surface area (Å²) in [6.07, 6.45) is 7.16. The van der Waals surface area contributed by atoms with E-state index in [0.29, 0.717) is 19.5 Å². The van der Waals surface area contributed by atoms with Crippen molar-refractivity contribution in [2.75, 3.05) is 19.6 Å². The molecule has 24 heavy (non-hydrogen) atoms. The number of hydrogen-bond acceptors (Lipinski definition) is 3. The number of carbonyl (C=O) groups is 3. The summed E-state index contributed by atoms with van der Waals surface area (Å²) in [6, 6.07) is -0.796. The molecule has 1 aliphatic carbocycles. The highest BCUT2D eigenvalue weighted by Crippen LogP contribution is 2.20. The Hall–Kier alpha value is -1.79. The van der Waals surface area contributed by atoms with E-state index in [0.717, 1.165) is 32.1 Å². The molecule has 3 fully saturated rings. The third-order valence-corrected chi connectivity index (χ3v) is 5.38. The zero-order valence-electron chi connectivity index (χ0n) is 14.4. The number of amides is 4. The quantitative estimate of drug-likeness (QED) is 0.801. The lowest BCUT2D eigenvalue weighted by molar-refractivity contribution is -0.152. The van der Waals surface area contributed by atoms with Gasteiger partial charge in [0.1, 0.15) is 12.1 Å². The number of nitrogens with zero attached hydrogens (tertiary/aromatic N) is 2. The number of rotatable bonds is 3. The molecule has 2 N–H and O–H groups in total. The molecule has 3 rings (SSSR count). The van der Waals surface area contributed by atoms with Gasteiger partial charge >= 0.3 is 6.03 Å². The van der Waals surface area contributed by atoms with E-state index in [1.807, 2.05) is 6.92 Å². The van der Waals surface area contributed by atoms with Crippen molar-refractivity contribution in [3.05, 3.63) is 0 Å². The highest BCUT2D eigenvalue weighted by molar-refractivity contribution is 5.97. The van der Waals surface area contributed by atoms with Gasteiger partial charge in [-0.05, 0) is 19.3 Å². The fourth-order valence-corrected chi connectivity index (χ4v) is 3.98. The predicted molar refractivity (Wildman–Crippen MR) is 89.3 cm³/mol. The van der Waals surface area contributed by atoms with E-state index in [1.54, 1.807) is 9.80 Å². The van der Waals surface area contributed by atoms with Crippen LogP contribution >= 0.6 is 0 Å². The second-order valence-electron chi connectivity index (χ2n) is 7.13. The Kier molecular flexibility index (Phi) is 5.26. The first-order chi connectivity index (χ1) is 11.6. The summed E-state index contributed by atoms with van der Waals surface area (Å²) in [4.78, 5) is 40.6. The molecular weight excluding hydrogens is 308 g/mol. The third kappa shape index (κ3) is 3.49. The van der Waals surface area contributed by atoms with Crippen molar-refractivity contribution in [3.63, 3.8) is 0 Å². The van der Waals surface area contributed by atoms with Crippen LogP contribution in [0.2, 0.25) is 0 Å². The van der Waals surface area contributed by atoms with Crippen LogP contribution in [-0.4, -0.2) is 65.4 Å². The van der Waals surface area contributed by atoms with E-state index >= 15 is 0 Å². The largest absolute Gasteiger partial charge is 0.342 e. The van der Waals surface area contributed by atoms with Crippen LogP contribution in [-0.2, 0) is 9.59 Å². The first-order valence-electron chi connectivity index (χ1n) is 9.26. The molecule has 3 aliphatic rings. The Morgan fingerprint density at radius 2 is 1.96 bits per heavy atom. The van der Waals surface area contributed by atoms with Gasteiger partial charge in [-0.25, -0.2) is 4.79 Å². The molecule has 7 heteroatoms. The molecule has 2 atom stereocenters. The Labute approximate surface area is 143 Å². The van der Waals surface area contributed by atoms with E-state index in [1.165, 1.54) is 6.42 Å². The molecule has 134 valence electrons. The number of fused-ring (bicyclic) bond motifs is 1. The number of hydrogen-bond donors (Lipinski definition) is 2. The van der Waals surface area contributed by atoms with E-state index < -0.39 is 12.1 Å². The highest BCUT2D eigenvalue weighted by Gasteiger charge is 2.43. The standard InChI is InChI=1S/C17H28N4O3/c1-2-6-13-16(23)21-10-9-20(11-14(21)15(22)19-13)17(24)18-12-7-4-3-5-8-12/h12-14H,2-11H2,1H3,(H,18,24)(H,19,22)/t13-,14+/m0/s1. The summed E-state index contributed by atoms with van der Waals surface area (Å²) in [7, 11) is 0. The highest BCUT2D eigenvalue weighted by atomic mass is 16.2. The van der Waals surface area contributed by atoms with Crippen molar-refractivity contribution in [2.24, 2.45) is 0 Å². The summed E-state index contributed by atoms with van der Waals surface area (Å²) >= 11 is 0. The minimum Gasteiger partial charge on any atom is -0.342 e. The Balaban J connectivity index is 1.58. The lowest BCUT2D eigenvalue weighted by Gasteiger charge is -2.45. The second-order valence-corrected chi connectivity index (χ2v) is 7.13. The van der Waals surface area contributed by atoms with Gasteiger partial charge in [-0.15, -0.1) is 0 Å². The van der Waals surface area contributed by atoms with E-state index in [4.69, 9.17) is 0 Å². The van der Waals surface area contributed by atoms with Crippen molar-refractivity contribution >= 4 is 17.8 Å². The molecule has 4 amide bonds. The average molecular weight is 336 g/mol. The number of piperazine rings is 2. The number of urea groups is 1. The van der Waals surface area contributed by atoms with Crippen molar-refractivity contribution in [1.29, 1.82) is 0 Å². The fraction of sp³-hybridized carbons (Fsp3) is 0.824. The molecule has 0 aromatic rings. The van der Waals surface area contributed by atoms with E-state index in [2.05, 4.69) is 10.6 Å². The topological polar surface area (TPSA) is 81.8 Å². The normalized spacial score (nSPS) is 28.4. The maximum Gasteiger partial charge on any atom is 0.317 e. The molecule has 2 aliphatic heterocycles. The zero-order chi connectivity index (χ0) is 17.1. The molecule has 0 aromatic heterocycles. The van der Waals surface area contributed by atoms with Crippen molar-refractivity contribution in [2.45, 2.75) is 70.0 Å². The van der Waals surface area contributed by atoms with Crippen LogP contribution in [0.3, 0.4) is 0 Å². The van der Waals surface area contributed by atoms with Gasteiger partial charge in [0, 0.05) is 19.1 Å². The maximum absolute atomic E-state index is 12.5. The summed E-state index contributed by atoms with van der Waals surface area (Å²) < 4.78 is 0. The molecule has 2 heterocycles. The number of carbonyl (C=O) groups excluding carboxylic acids is 3. The lowest BCUT2D eigenvalue weighted by atomic mass is 9.95. The van der Waals surface area contributed by atoms with Gasteiger partial charge in [-0.2, -0.15) is 0 Å². The van der Waals surface area contributed by atoms with Gasteiger partial charge in [-0.1, -0.05) is 32.6 Å². The van der Waals surface area contributed by atoms with Gasteiger partial charge in [0.15, 0.2) is 0 Å². The van der Waals surface area contributed by atoms with Gasteiger partial charge in [0.25, 0.3) is 0 Å². The molecule has 0 aromatic carbocycles. The van der Waals surface area contributed by atoms with Crippen molar-refractivity contribution in [1.82, 2.24) is 20.4 Å². The summed E-state index contributed by atoms with van der Waals surface area (Å²) in [6.45, 7) is 3.22. The summed E-state index contributed by atoms with van der Waals surface area (Å²) in [5.41, 5.74) is 0. The first-order valence-corrected chi connectivity index (χ1v) is 9.26. The van der Waals surface area contributed by atoms with Crippen molar-refractivity contribution in [3.8, 4) is 0 Å². The van der Waals surface area contributed by atoms with Crippen LogP contribution < -0.4 is 10.6 Å².